The summed E-state index contributed by atoms with van der Waals surface area (Å²) < 4.78 is 17.3. The van der Waals surface area contributed by atoms with E-state index in [-0.39, 0.29) is 19.1 Å². The van der Waals surface area contributed by atoms with Crippen LogP contribution in [0.4, 0.5) is 4.79 Å². The normalized spacial score (nSPS) is 27.8. The second kappa shape index (κ2) is 11.1. The Morgan fingerprint density at radius 1 is 1.10 bits per heavy atom. The minimum atomic E-state index is -1.13. The van der Waals surface area contributed by atoms with Crippen molar-refractivity contribution >= 4 is 29.0 Å². The highest BCUT2D eigenvalue weighted by Gasteiger charge is 2.47. The average Bonchev–Trinajstić information content (AvgIpc) is 3.48. The molecule has 216 valence electrons. The highest BCUT2D eigenvalue weighted by Crippen LogP contribution is 2.39. The molecule has 2 N–H and O–H groups in total. The number of ether oxygens (including phenoxy) is 3. The number of aliphatic carboxylic acids is 1. The lowest BCUT2D eigenvalue weighted by Crippen LogP contribution is -2.57. The summed E-state index contributed by atoms with van der Waals surface area (Å²) in [4.78, 5) is 49.7. The van der Waals surface area contributed by atoms with Gasteiger partial charge in [0.2, 0.25) is 11.8 Å². The number of hydrogen-bond donors (Lipinski definition) is 2. The van der Waals surface area contributed by atoms with Crippen molar-refractivity contribution in [2.45, 2.75) is 90.0 Å². The molecule has 2 fully saturated rings. The Morgan fingerprint density at radius 2 is 1.90 bits per heavy atom. The van der Waals surface area contributed by atoms with Crippen LogP contribution in [-0.2, 0) is 20.7 Å². The maximum absolute atomic E-state index is 13.8. The SMILES string of the molecule is COc1ccc2nc3c(nc2c1)O[C@@H]1C[C@@H](C(=O)O)N(C1)C(=O)C(C(C)(C)C)NC(=O)O[C@H]1C[C@H]1CCCCC3. The molecule has 1 unspecified atom stereocenters. The van der Waals surface area contributed by atoms with Gasteiger partial charge in [0, 0.05) is 12.5 Å². The first kappa shape index (κ1) is 27.9. The van der Waals surface area contributed by atoms with Gasteiger partial charge in [-0.2, -0.15) is 0 Å². The number of fused-ring (bicyclic) bond motifs is 5. The highest BCUT2D eigenvalue weighted by molar-refractivity contribution is 5.90. The molecule has 40 heavy (non-hydrogen) atoms. The molecule has 1 aliphatic carbocycles. The van der Waals surface area contributed by atoms with Crippen LogP contribution in [0.3, 0.4) is 0 Å². The van der Waals surface area contributed by atoms with E-state index in [1.165, 1.54) is 4.90 Å². The van der Waals surface area contributed by atoms with Crippen LogP contribution in [0, 0.1) is 11.3 Å². The number of nitrogens with zero attached hydrogens (tertiary/aromatic N) is 3. The number of hydrogen-bond acceptors (Lipinski definition) is 8. The molecule has 3 aliphatic rings. The first-order valence-corrected chi connectivity index (χ1v) is 14.0. The zero-order chi connectivity index (χ0) is 28.6. The van der Waals surface area contributed by atoms with Crippen LogP contribution >= 0.6 is 0 Å². The van der Waals surface area contributed by atoms with Crippen molar-refractivity contribution in [3.63, 3.8) is 0 Å². The van der Waals surface area contributed by atoms with E-state index in [2.05, 4.69) is 5.32 Å². The fraction of sp³-hybridized carbons (Fsp3) is 0.621. The van der Waals surface area contributed by atoms with Gasteiger partial charge in [0.15, 0.2) is 0 Å². The van der Waals surface area contributed by atoms with Gasteiger partial charge in [0.25, 0.3) is 0 Å². The fourth-order valence-corrected chi connectivity index (χ4v) is 5.60. The van der Waals surface area contributed by atoms with Crippen molar-refractivity contribution in [2.75, 3.05) is 13.7 Å². The van der Waals surface area contributed by atoms with E-state index in [0.29, 0.717) is 35.2 Å². The van der Waals surface area contributed by atoms with E-state index in [9.17, 15) is 19.5 Å². The van der Waals surface area contributed by atoms with Crippen molar-refractivity contribution < 1.29 is 33.7 Å². The average molecular weight is 555 g/mol. The molecule has 11 heteroatoms. The van der Waals surface area contributed by atoms with Gasteiger partial charge in [-0.3, -0.25) is 4.79 Å². The topological polar surface area (TPSA) is 140 Å². The van der Waals surface area contributed by atoms with E-state index in [0.717, 1.165) is 37.6 Å². The third-order valence-electron chi connectivity index (χ3n) is 8.00. The molecule has 0 radical (unpaired) electrons. The first-order chi connectivity index (χ1) is 19.0. The lowest BCUT2D eigenvalue weighted by Gasteiger charge is -2.34. The van der Waals surface area contributed by atoms with Crippen LogP contribution in [-0.4, -0.2) is 75.9 Å². The van der Waals surface area contributed by atoms with Gasteiger partial charge in [-0.1, -0.05) is 33.6 Å². The molecule has 0 spiro atoms. The second-order valence-corrected chi connectivity index (χ2v) is 12.1. The van der Waals surface area contributed by atoms with E-state index in [4.69, 9.17) is 24.2 Å². The molecule has 1 saturated heterocycles. The number of carboxylic acid groups (broad SMARTS) is 1. The van der Waals surface area contributed by atoms with Crippen LogP contribution in [0.5, 0.6) is 11.6 Å². The molecule has 11 nitrogen and oxygen atoms in total. The third kappa shape index (κ3) is 6.08. The molecule has 5 atom stereocenters. The number of benzene rings is 1. The number of carboxylic acids is 1. The number of alkyl carbamates (subject to hydrolysis) is 1. The number of nitrogens with one attached hydrogen (secondary N) is 1. The number of aromatic nitrogens is 2. The first-order valence-electron chi connectivity index (χ1n) is 14.0. The van der Waals surface area contributed by atoms with Gasteiger partial charge in [0.1, 0.15) is 35.7 Å². The number of methoxy groups -OCH3 is 1. The van der Waals surface area contributed by atoms with E-state index >= 15 is 0 Å². The van der Waals surface area contributed by atoms with E-state index in [1.807, 2.05) is 32.9 Å². The minimum Gasteiger partial charge on any atom is -0.497 e. The van der Waals surface area contributed by atoms with Crippen molar-refractivity contribution in [1.82, 2.24) is 20.2 Å². The molecule has 1 aromatic carbocycles. The maximum Gasteiger partial charge on any atom is 0.408 e. The zero-order valence-electron chi connectivity index (χ0n) is 23.5. The van der Waals surface area contributed by atoms with Crippen LogP contribution in [0.15, 0.2) is 18.2 Å². The van der Waals surface area contributed by atoms with Gasteiger partial charge >= 0.3 is 12.1 Å². The van der Waals surface area contributed by atoms with Gasteiger partial charge in [-0.15, -0.1) is 0 Å². The molecule has 1 aromatic heterocycles. The molecule has 2 bridgehead atoms. The van der Waals surface area contributed by atoms with Gasteiger partial charge < -0.3 is 29.5 Å². The Bertz CT molecular complexity index is 1290. The fourth-order valence-electron chi connectivity index (χ4n) is 5.60. The summed E-state index contributed by atoms with van der Waals surface area (Å²) in [5, 5.41) is 12.7. The summed E-state index contributed by atoms with van der Waals surface area (Å²) in [5.41, 5.74) is 1.36. The maximum atomic E-state index is 13.8. The van der Waals surface area contributed by atoms with Gasteiger partial charge in [-0.25, -0.2) is 19.6 Å². The monoisotopic (exact) mass is 554 g/mol. The van der Waals surface area contributed by atoms with Crippen LogP contribution < -0.4 is 14.8 Å². The molecule has 5 rings (SSSR count). The lowest BCUT2D eigenvalue weighted by molar-refractivity contribution is -0.150. The summed E-state index contributed by atoms with van der Waals surface area (Å²) in [7, 11) is 1.58. The Hall–Kier alpha value is -3.63. The number of amides is 2. The Kier molecular flexibility index (Phi) is 7.74. The largest absolute Gasteiger partial charge is 0.497 e. The molecule has 1 saturated carbocycles. The molecule has 3 heterocycles. The van der Waals surface area contributed by atoms with Crippen LogP contribution in [0.1, 0.15) is 65.0 Å². The Balaban J connectivity index is 1.48. The lowest BCUT2D eigenvalue weighted by atomic mass is 9.85. The van der Waals surface area contributed by atoms with Crippen molar-refractivity contribution in [3.05, 3.63) is 23.9 Å². The van der Waals surface area contributed by atoms with Crippen molar-refractivity contribution in [1.29, 1.82) is 0 Å². The van der Waals surface area contributed by atoms with Crippen molar-refractivity contribution in [3.8, 4) is 11.6 Å². The number of carbonyl (C=O) groups is 3. The smallest absolute Gasteiger partial charge is 0.408 e. The number of rotatable bonds is 2. The van der Waals surface area contributed by atoms with Crippen LogP contribution in [0.2, 0.25) is 0 Å². The van der Waals surface area contributed by atoms with E-state index in [1.54, 1.807) is 13.2 Å². The number of carbonyl (C=O) groups excluding carboxylic acids is 2. The summed E-state index contributed by atoms with van der Waals surface area (Å²) in [6, 6.07) is 3.40. The Morgan fingerprint density at radius 3 is 2.62 bits per heavy atom. The van der Waals surface area contributed by atoms with Gasteiger partial charge in [0.05, 0.1) is 24.7 Å². The molecule has 2 aromatic rings. The molecule has 2 aliphatic heterocycles. The standard InChI is InChI=1S/C29H38N4O7/c1-29(2,3)24-26(34)33-15-18(14-22(33)27(35)36)39-25-20(30-19-11-10-17(38-4)13-21(19)31-25)9-7-5-6-8-16-12-23(16)40-28(37)32-24/h10-11,13,16,18,22-24H,5-9,12,14-15H2,1-4H3,(H,32,37)(H,35,36)/t16-,18-,22+,23+,24?/m1/s1. The predicted octanol–water partition coefficient (Wildman–Crippen LogP) is 3.72. The Labute approximate surface area is 233 Å². The van der Waals surface area contributed by atoms with Crippen LogP contribution in [0.25, 0.3) is 11.0 Å². The third-order valence-corrected chi connectivity index (χ3v) is 8.00. The summed E-state index contributed by atoms with van der Waals surface area (Å²) in [6.07, 6.45) is 3.97. The molecule has 2 amide bonds. The predicted molar refractivity (Wildman–Crippen MR) is 145 cm³/mol. The van der Waals surface area contributed by atoms with Crippen molar-refractivity contribution in [2.24, 2.45) is 11.3 Å². The molecular formula is C29H38N4O7. The summed E-state index contributed by atoms with van der Waals surface area (Å²) in [6.45, 7) is 5.52. The van der Waals surface area contributed by atoms with E-state index < -0.39 is 41.6 Å². The minimum absolute atomic E-state index is 0.0427. The number of aryl methyl sites for hydroxylation is 1. The quantitative estimate of drug-likeness (QED) is 0.568. The summed E-state index contributed by atoms with van der Waals surface area (Å²) in [5.74, 6) is -0.301. The highest BCUT2D eigenvalue weighted by atomic mass is 16.6. The zero-order valence-corrected chi connectivity index (χ0v) is 23.5. The second-order valence-electron chi connectivity index (χ2n) is 12.1. The van der Waals surface area contributed by atoms with Gasteiger partial charge in [-0.05, 0) is 49.1 Å². The molecular weight excluding hydrogens is 516 g/mol. The summed E-state index contributed by atoms with van der Waals surface area (Å²) >= 11 is 0.